The number of rotatable bonds is 6. The van der Waals surface area contributed by atoms with Crippen LogP contribution in [-0.2, 0) is 6.54 Å². The smallest absolute Gasteiger partial charge is 0.176 e. The average molecular weight is 282 g/mol. The molecule has 0 aliphatic rings. The Balaban J connectivity index is 1.94. The molecule has 3 heteroatoms. The van der Waals surface area contributed by atoms with Crippen molar-refractivity contribution < 1.29 is 4.79 Å². The second kappa shape index (κ2) is 7.14. The average Bonchev–Trinajstić information content (AvgIpc) is 2.48. The van der Waals surface area contributed by atoms with Crippen LogP contribution in [0.25, 0.3) is 0 Å². The maximum absolute atomic E-state index is 12.3. The summed E-state index contributed by atoms with van der Waals surface area (Å²) in [6.07, 6.45) is 3.59. The maximum Gasteiger partial charge on any atom is 0.176 e. The van der Waals surface area contributed by atoms with Gasteiger partial charge in [-0.15, -0.1) is 0 Å². The second-order valence-corrected chi connectivity index (χ2v) is 5.73. The van der Waals surface area contributed by atoms with Crippen LogP contribution in [0.15, 0.2) is 48.8 Å². The summed E-state index contributed by atoms with van der Waals surface area (Å²) in [4.78, 5) is 18.4. The number of benzene rings is 1. The third kappa shape index (κ3) is 4.50. The fourth-order valence-corrected chi connectivity index (χ4v) is 2.25. The Hall–Kier alpha value is -2.00. The minimum atomic E-state index is 0.150. The summed E-state index contributed by atoms with van der Waals surface area (Å²) in [6.45, 7) is 5.44. The summed E-state index contributed by atoms with van der Waals surface area (Å²) < 4.78 is 0. The molecule has 110 valence electrons. The van der Waals surface area contributed by atoms with Crippen molar-refractivity contribution in [2.75, 3.05) is 13.6 Å². The SMILES string of the molecule is CC(C)c1ccc(C(=O)CN(C)Cc2cccnc2)cc1. The number of ketones is 1. The third-order valence-electron chi connectivity index (χ3n) is 3.49. The Morgan fingerprint density at radius 3 is 2.48 bits per heavy atom. The lowest BCUT2D eigenvalue weighted by Gasteiger charge is -2.15. The summed E-state index contributed by atoms with van der Waals surface area (Å²) in [5.74, 6) is 0.638. The molecule has 0 spiro atoms. The van der Waals surface area contributed by atoms with Gasteiger partial charge in [-0.25, -0.2) is 0 Å². The second-order valence-electron chi connectivity index (χ2n) is 5.73. The highest BCUT2D eigenvalue weighted by atomic mass is 16.1. The van der Waals surface area contributed by atoms with E-state index in [0.29, 0.717) is 12.5 Å². The van der Waals surface area contributed by atoms with Crippen molar-refractivity contribution in [2.24, 2.45) is 0 Å². The zero-order chi connectivity index (χ0) is 15.2. The van der Waals surface area contributed by atoms with E-state index in [9.17, 15) is 4.79 Å². The standard InChI is InChI=1S/C18H22N2O/c1-14(2)16-6-8-17(9-7-16)18(21)13-20(3)12-15-5-4-10-19-11-15/h4-11,14H,12-13H2,1-3H3. The zero-order valence-corrected chi connectivity index (χ0v) is 12.9. The molecule has 0 radical (unpaired) electrons. The van der Waals surface area contributed by atoms with Crippen LogP contribution >= 0.6 is 0 Å². The highest BCUT2D eigenvalue weighted by Crippen LogP contribution is 2.15. The molecule has 0 saturated heterocycles. The van der Waals surface area contributed by atoms with Crippen LogP contribution in [0, 0.1) is 0 Å². The van der Waals surface area contributed by atoms with Gasteiger partial charge in [0.05, 0.1) is 6.54 Å². The van der Waals surface area contributed by atoms with E-state index in [1.54, 1.807) is 6.20 Å². The van der Waals surface area contributed by atoms with E-state index in [2.05, 4.69) is 18.8 Å². The molecule has 0 bridgehead atoms. The van der Waals surface area contributed by atoms with Crippen LogP contribution in [0.3, 0.4) is 0 Å². The van der Waals surface area contributed by atoms with Gasteiger partial charge in [0.1, 0.15) is 0 Å². The number of aromatic nitrogens is 1. The molecular weight excluding hydrogens is 260 g/mol. The van der Waals surface area contributed by atoms with Gasteiger partial charge in [0.15, 0.2) is 5.78 Å². The van der Waals surface area contributed by atoms with Crippen molar-refractivity contribution in [1.29, 1.82) is 0 Å². The van der Waals surface area contributed by atoms with E-state index in [1.807, 2.05) is 54.5 Å². The van der Waals surface area contributed by atoms with Crippen LogP contribution in [0.1, 0.15) is 41.3 Å². The molecule has 0 amide bonds. The van der Waals surface area contributed by atoms with Crippen molar-refractivity contribution >= 4 is 5.78 Å². The van der Waals surface area contributed by atoms with Crippen LogP contribution in [0.2, 0.25) is 0 Å². The minimum Gasteiger partial charge on any atom is -0.295 e. The predicted octanol–water partition coefficient (Wildman–Crippen LogP) is 3.52. The molecule has 0 aliphatic heterocycles. The Kier molecular flexibility index (Phi) is 5.23. The van der Waals surface area contributed by atoms with E-state index in [4.69, 9.17) is 0 Å². The molecule has 0 atom stereocenters. The van der Waals surface area contributed by atoms with E-state index < -0.39 is 0 Å². The van der Waals surface area contributed by atoms with Gasteiger partial charge in [0.25, 0.3) is 0 Å². The molecule has 3 nitrogen and oxygen atoms in total. The number of hydrogen-bond donors (Lipinski definition) is 0. The van der Waals surface area contributed by atoms with E-state index in [1.165, 1.54) is 5.56 Å². The van der Waals surface area contributed by atoms with E-state index in [-0.39, 0.29) is 5.78 Å². The van der Waals surface area contributed by atoms with Gasteiger partial charge in [0.2, 0.25) is 0 Å². The van der Waals surface area contributed by atoms with Gasteiger partial charge in [-0.05, 0) is 30.2 Å². The number of hydrogen-bond acceptors (Lipinski definition) is 3. The fraction of sp³-hybridized carbons (Fsp3) is 0.333. The number of carbonyl (C=O) groups excluding carboxylic acids is 1. The van der Waals surface area contributed by atoms with Gasteiger partial charge < -0.3 is 0 Å². The first-order valence-electron chi connectivity index (χ1n) is 7.27. The van der Waals surface area contributed by atoms with E-state index >= 15 is 0 Å². The number of pyridine rings is 1. The largest absolute Gasteiger partial charge is 0.295 e. The van der Waals surface area contributed by atoms with Gasteiger partial charge in [-0.1, -0.05) is 44.2 Å². The first-order chi connectivity index (χ1) is 10.1. The van der Waals surface area contributed by atoms with Crippen molar-refractivity contribution in [2.45, 2.75) is 26.3 Å². The van der Waals surface area contributed by atoms with Crippen LogP contribution in [0.5, 0.6) is 0 Å². The maximum atomic E-state index is 12.3. The van der Waals surface area contributed by atoms with Crippen LogP contribution < -0.4 is 0 Å². The molecule has 0 unspecified atom stereocenters. The summed E-state index contributed by atoms with van der Waals surface area (Å²) in [5, 5.41) is 0. The number of carbonyl (C=O) groups is 1. The molecule has 1 heterocycles. The Bertz CT molecular complexity index is 576. The molecule has 0 saturated carbocycles. The Labute approximate surface area is 126 Å². The highest BCUT2D eigenvalue weighted by molar-refractivity contribution is 5.97. The quantitative estimate of drug-likeness (QED) is 0.760. The highest BCUT2D eigenvalue weighted by Gasteiger charge is 2.10. The minimum absolute atomic E-state index is 0.150. The normalized spacial score (nSPS) is 11.1. The molecule has 1 aromatic carbocycles. The lowest BCUT2D eigenvalue weighted by Crippen LogP contribution is -2.25. The molecule has 2 rings (SSSR count). The lowest BCUT2D eigenvalue weighted by atomic mass is 10.0. The van der Waals surface area contributed by atoms with Crippen LogP contribution in [0.4, 0.5) is 0 Å². The van der Waals surface area contributed by atoms with Crippen molar-refractivity contribution in [3.05, 3.63) is 65.5 Å². The monoisotopic (exact) mass is 282 g/mol. The summed E-state index contributed by atoms with van der Waals surface area (Å²) in [6, 6.07) is 11.9. The molecule has 0 N–H and O–H groups in total. The van der Waals surface area contributed by atoms with E-state index in [0.717, 1.165) is 17.7 Å². The summed E-state index contributed by atoms with van der Waals surface area (Å²) in [7, 11) is 1.95. The molecule has 2 aromatic rings. The van der Waals surface area contributed by atoms with Gasteiger partial charge in [-0.3, -0.25) is 14.7 Å². The molecule has 0 aliphatic carbocycles. The Morgan fingerprint density at radius 2 is 1.90 bits per heavy atom. The molecule has 1 aromatic heterocycles. The van der Waals surface area contributed by atoms with Gasteiger partial charge in [-0.2, -0.15) is 0 Å². The first-order valence-corrected chi connectivity index (χ1v) is 7.27. The first kappa shape index (κ1) is 15.4. The van der Waals surface area contributed by atoms with Gasteiger partial charge in [0, 0.05) is 24.5 Å². The molecule has 21 heavy (non-hydrogen) atoms. The number of likely N-dealkylation sites (N-methyl/N-ethyl adjacent to an activating group) is 1. The summed E-state index contributed by atoms with van der Waals surface area (Å²) >= 11 is 0. The Morgan fingerprint density at radius 1 is 1.19 bits per heavy atom. The summed E-state index contributed by atoms with van der Waals surface area (Å²) in [5.41, 5.74) is 3.15. The zero-order valence-electron chi connectivity index (χ0n) is 12.9. The topological polar surface area (TPSA) is 33.2 Å². The molecule has 0 fully saturated rings. The lowest BCUT2D eigenvalue weighted by molar-refractivity contribution is 0.0943. The predicted molar refractivity (Wildman–Crippen MR) is 85.4 cm³/mol. The third-order valence-corrected chi connectivity index (χ3v) is 3.49. The number of Topliss-reactive ketones (excluding diaryl/α,β-unsaturated/α-hetero) is 1. The fourth-order valence-electron chi connectivity index (χ4n) is 2.25. The molecular formula is C18H22N2O. The number of nitrogens with zero attached hydrogens (tertiary/aromatic N) is 2. The van der Waals surface area contributed by atoms with Crippen molar-refractivity contribution in [3.8, 4) is 0 Å². The van der Waals surface area contributed by atoms with Crippen molar-refractivity contribution in [3.63, 3.8) is 0 Å². The van der Waals surface area contributed by atoms with Crippen molar-refractivity contribution in [1.82, 2.24) is 9.88 Å². The van der Waals surface area contributed by atoms with Crippen LogP contribution in [-0.4, -0.2) is 29.3 Å². The van der Waals surface area contributed by atoms with Gasteiger partial charge >= 0.3 is 0 Å².